The van der Waals surface area contributed by atoms with Crippen molar-refractivity contribution in [2.45, 2.75) is 30.7 Å². The zero-order valence-electron chi connectivity index (χ0n) is 10.9. The second-order valence-electron chi connectivity index (χ2n) is 4.67. The van der Waals surface area contributed by atoms with E-state index in [1.807, 2.05) is 19.1 Å². The Balaban J connectivity index is 2.28. The molecular formula is C13H20N2O2S. The van der Waals surface area contributed by atoms with Gasteiger partial charge in [-0.3, -0.25) is 0 Å². The van der Waals surface area contributed by atoms with Crippen LogP contribution in [0.5, 0.6) is 0 Å². The molecule has 1 aromatic carbocycles. The van der Waals surface area contributed by atoms with Gasteiger partial charge in [0.1, 0.15) is 0 Å². The van der Waals surface area contributed by atoms with E-state index in [2.05, 4.69) is 5.32 Å². The largest absolute Gasteiger partial charge is 0.315 e. The van der Waals surface area contributed by atoms with Gasteiger partial charge in [-0.05, 0) is 37.1 Å². The summed E-state index contributed by atoms with van der Waals surface area (Å²) in [6.45, 7) is 3.65. The summed E-state index contributed by atoms with van der Waals surface area (Å²) in [4.78, 5) is 0.399. The van der Waals surface area contributed by atoms with Gasteiger partial charge in [0, 0.05) is 19.6 Å². The molecule has 0 aliphatic carbocycles. The van der Waals surface area contributed by atoms with Gasteiger partial charge in [0.25, 0.3) is 0 Å². The van der Waals surface area contributed by atoms with Crippen molar-refractivity contribution in [3.05, 3.63) is 29.8 Å². The second-order valence-corrected chi connectivity index (χ2v) is 6.67. The minimum absolute atomic E-state index is 0.0697. The van der Waals surface area contributed by atoms with Gasteiger partial charge in [-0.1, -0.05) is 19.1 Å². The smallest absolute Gasteiger partial charge is 0.243 e. The lowest BCUT2D eigenvalue weighted by molar-refractivity contribution is 0.387. The highest BCUT2D eigenvalue weighted by molar-refractivity contribution is 7.89. The van der Waals surface area contributed by atoms with E-state index < -0.39 is 10.0 Å². The van der Waals surface area contributed by atoms with Crippen molar-refractivity contribution in [1.82, 2.24) is 9.62 Å². The van der Waals surface area contributed by atoms with Crippen LogP contribution < -0.4 is 5.32 Å². The summed E-state index contributed by atoms with van der Waals surface area (Å²) in [6.07, 6.45) is 1.72. The van der Waals surface area contributed by atoms with E-state index in [1.54, 1.807) is 19.2 Å². The number of rotatable bonds is 4. The van der Waals surface area contributed by atoms with E-state index in [9.17, 15) is 8.42 Å². The van der Waals surface area contributed by atoms with E-state index >= 15 is 0 Å². The molecule has 1 unspecified atom stereocenters. The van der Waals surface area contributed by atoms with Crippen LogP contribution in [0.4, 0.5) is 0 Å². The maximum Gasteiger partial charge on any atom is 0.243 e. The van der Waals surface area contributed by atoms with Gasteiger partial charge in [-0.25, -0.2) is 8.42 Å². The van der Waals surface area contributed by atoms with Crippen LogP contribution in [0.2, 0.25) is 0 Å². The Morgan fingerprint density at radius 2 is 2.22 bits per heavy atom. The lowest BCUT2D eigenvalue weighted by Crippen LogP contribution is -2.38. The summed E-state index contributed by atoms with van der Waals surface area (Å²) in [5.41, 5.74) is 1.05. The van der Waals surface area contributed by atoms with Crippen LogP contribution in [-0.2, 0) is 16.4 Å². The molecule has 0 aromatic heterocycles. The van der Waals surface area contributed by atoms with Crippen LogP contribution in [0, 0.1) is 0 Å². The molecule has 0 saturated carbocycles. The molecule has 18 heavy (non-hydrogen) atoms. The molecule has 5 heteroatoms. The number of nitrogens with one attached hydrogen (secondary N) is 1. The summed E-state index contributed by atoms with van der Waals surface area (Å²) < 4.78 is 26.5. The second kappa shape index (κ2) is 5.38. The first-order valence-corrected chi connectivity index (χ1v) is 7.77. The molecule has 100 valence electrons. The maximum absolute atomic E-state index is 12.5. The molecule has 0 amide bonds. The van der Waals surface area contributed by atoms with Gasteiger partial charge in [0.15, 0.2) is 0 Å². The summed E-state index contributed by atoms with van der Waals surface area (Å²) in [5, 5.41) is 3.19. The van der Waals surface area contributed by atoms with Crippen molar-refractivity contribution in [2.75, 3.05) is 20.1 Å². The molecule has 1 aliphatic rings. The number of sulfonamides is 1. The first-order valence-electron chi connectivity index (χ1n) is 6.33. The minimum Gasteiger partial charge on any atom is -0.315 e. The fourth-order valence-corrected chi connectivity index (χ4v) is 3.69. The van der Waals surface area contributed by atoms with Gasteiger partial charge >= 0.3 is 0 Å². The molecule has 1 saturated heterocycles. The van der Waals surface area contributed by atoms with Gasteiger partial charge in [-0.2, -0.15) is 4.31 Å². The highest BCUT2D eigenvalue weighted by Crippen LogP contribution is 2.20. The van der Waals surface area contributed by atoms with E-state index in [0.717, 1.165) is 31.5 Å². The predicted octanol–water partition coefficient (Wildman–Crippen LogP) is 1.23. The third-order valence-corrected chi connectivity index (χ3v) is 5.44. The monoisotopic (exact) mass is 268 g/mol. The molecule has 4 nitrogen and oxygen atoms in total. The van der Waals surface area contributed by atoms with Crippen LogP contribution in [0.25, 0.3) is 0 Å². The van der Waals surface area contributed by atoms with Crippen LogP contribution >= 0.6 is 0 Å². The van der Waals surface area contributed by atoms with E-state index in [0.29, 0.717) is 4.90 Å². The van der Waals surface area contributed by atoms with Crippen LogP contribution in [-0.4, -0.2) is 38.9 Å². The van der Waals surface area contributed by atoms with E-state index in [1.165, 1.54) is 4.31 Å². The molecule has 2 rings (SSSR count). The number of nitrogens with zero attached hydrogens (tertiary/aromatic N) is 1. The van der Waals surface area contributed by atoms with Gasteiger partial charge < -0.3 is 5.32 Å². The van der Waals surface area contributed by atoms with Crippen molar-refractivity contribution in [3.63, 3.8) is 0 Å². The van der Waals surface area contributed by atoms with Gasteiger partial charge in [0.05, 0.1) is 4.90 Å². The van der Waals surface area contributed by atoms with Crippen LogP contribution in [0.15, 0.2) is 29.2 Å². The lowest BCUT2D eigenvalue weighted by atomic mass is 10.2. The molecule has 1 fully saturated rings. The average Bonchev–Trinajstić information content (AvgIpc) is 2.91. The van der Waals surface area contributed by atoms with E-state index in [4.69, 9.17) is 0 Å². The molecule has 1 atom stereocenters. The van der Waals surface area contributed by atoms with Crippen LogP contribution in [0.1, 0.15) is 18.9 Å². The summed E-state index contributed by atoms with van der Waals surface area (Å²) >= 11 is 0. The Morgan fingerprint density at radius 1 is 1.44 bits per heavy atom. The minimum atomic E-state index is -3.36. The van der Waals surface area contributed by atoms with Crippen LogP contribution in [0.3, 0.4) is 0 Å². The Labute approximate surface area is 109 Å². The zero-order chi connectivity index (χ0) is 13.2. The lowest BCUT2D eigenvalue weighted by Gasteiger charge is -2.23. The SMILES string of the molecule is CCc1cccc(S(=O)(=O)N(C)C2CCNC2)c1. The first-order chi connectivity index (χ1) is 8.55. The fraction of sp³-hybridized carbons (Fsp3) is 0.538. The Morgan fingerprint density at radius 3 is 2.83 bits per heavy atom. The molecule has 1 heterocycles. The predicted molar refractivity (Wildman–Crippen MR) is 72.0 cm³/mol. The normalized spacial score (nSPS) is 20.5. The van der Waals surface area contributed by atoms with Crippen molar-refractivity contribution in [3.8, 4) is 0 Å². The maximum atomic E-state index is 12.5. The zero-order valence-corrected chi connectivity index (χ0v) is 11.7. The van der Waals surface area contributed by atoms with Gasteiger partial charge in [-0.15, -0.1) is 0 Å². The average molecular weight is 268 g/mol. The quantitative estimate of drug-likeness (QED) is 0.893. The standard InChI is InChI=1S/C13H20N2O2S/c1-3-11-5-4-6-13(9-11)18(16,17)15(2)12-7-8-14-10-12/h4-6,9,12,14H,3,7-8,10H2,1-2H3. The number of hydrogen-bond donors (Lipinski definition) is 1. The summed E-state index contributed by atoms with van der Waals surface area (Å²) in [7, 11) is -1.69. The van der Waals surface area contributed by atoms with Crippen molar-refractivity contribution in [2.24, 2.45) is 0 Å². The topological polar surface area (TPSA) is 49.4 Å². The number of benzene rings is 1. The Kier molecular flexibility index (Phi) is 4.04. The highest BCUT2D eigenvalue weighted by Gasteiger charge is 2.29. The molecule has 0 radical (unpaired) electrons. The number of aryl methyl sites for hydroxylation is 1. The Hall–Kier alpha value is -0.910. The molecular weight excluding hydrogens is 248 g/mol. The Bertz CT molecular complexity index is 507. The van der Waals surface area contributed by atoms with Crippen molar-refractivity contribution < 1.29 is 8.42 Å². The number of likely N-dealkylation sites (N-methyl/N-ethyl adjacent to an activating group) is 1. The molecule has 1 aromatic rings. The molecule has 1 N–H and O–H groups in total. The van der Waals surface area contributed by atoms with E-state index in [-0.39, 0.29) is 6.04 Å². The highest BCUT2D eigenvalue weighted by atomic mass is 32.2. The van der Waals surface area contributed by atoms with Crippen molar-refractivity contribution >= 4 is 10.0 Å². The fourth-order valence-electron chi connectivity index (χ4n) is 2.24. The molecule has 1 aliphatic heterocycles. The molecule has 0 bridgehead atoms. The number of hydrogen-bond acceptors (Lipinski definition) is 3. The van der Waals surface area contributed by atoms with Crippen molar-refractivity contribution in [1.29, 1.82) is 0 Å². The molecule has 0 spiro atoms. The summed E-state index contributed by atoms with van der Waals surface area (Å²) in [5.74, 6) is 0. The van der Waals surface area contributed by atoms with Gasteiger partial charge in [0.2, 0.25) is 10.0 Å². The third-order valence-electron chi connectivity index (χ3n) is 3.53. The summed E-state index contributed by atoms with van der Waals surface area (Å²) in [6, 6.07) is 7.28. The third kappa shape index (κ3) is 2.58. The first kappa shape index (κ1) is 13.5.